The molecule has 0 aliphatic carbocycles. The van der Waals surface area contributed by atoms with Gasteiger partial charge in [-0.15, -0.1) is 0 Å². The summed E-state index contributed by atoms with van der Waals surface area (Å²) in [5.41, 5.74) is 2.70. The fourth-order valence-electron chi connectivity index (χ4n) is 6.22. The van der Waals surface area contributed by atoms with Crippen molar-refractivity contribution in [3.8, 4) is 0 Å². The number of aromatic nitrogens is 1. The average molecular weight is 635 g/mol. The van der Waals surface area contributed by atoms with Crippen LogP contribution >= 0.6 is 0 Å². The molecule has 2 heterocycles. The number of fused-ring (bicyclic) bond motifs is 1. The summed E-state index contributed by atoms with van der Waals surface area (Å²) in [6.07, 6.45) is -1.26. The van der Waals surface area contributed by atoms with Gasteiger partial charge in [0.05, 0.1) is 28.9 Å². The third kappa shape index (κ3) is 7.13. The molecule has 2 amide bonds. The molecule has 1 aromatic heterocycles. The minimum atomic E-state index is -4.47. The van der Waals surface area contributed by atoms with E-state index in [0.29, 0.717) is 36.2 Å². The second kappa shape index (κ2) is 13.3. The van der Waals surface area contributed by atoms with Crippen LogP contribution in [-0.2, 0) is 36.4 Å². The van der Waals surface area contributed by atoms with E-state index >= 15 is 0 Å². The van der Waals surface area contributed by atoms with Gasteiger partial charge in [0.15, 0.2) is 0 Å². The Bertz CT molecular complexity index is 1710. The van der Waals surface area contributed by atoms with Crippen LogP contribution in [0.4, 0.5) is 18.9 Å². The van der Waals surface area contributed by atoms with Gasteiger partial charge in [0.25, 0.3) is 5.91 Å². The number of nitrogens with zero attached hydrogens (tertiary/aromatic N) is 2. The second-order valence-electron chi connectivity index (χ2n) is 12.6. The lowest BCUT2D eigenvalue weighted by atomic mass is 9.92. The molecule has 3 N–H and O–H groups in total. The number of aryl methyl sites for hydroxylation is 2. The van der Waals surface area contributed by atoms with Crippen molar-refractivity contribution in [1.29, 1.82) is 0 Å². The number of alkyl halides is 3. The molecule has 1 saturated heterocycles. The smallest absolute Gasteiger partial charge is 0.390 e. The highest BCUT2D eigenvalue weighted by Crippen LogP contribution is 2.35. The topological polar surface area (TPSA) is 86.6 Å². The maximum Gasteiger partial charge on any atom is 0.416 e. The van der Waals surface area contributed by atoms with E-state index in [1.807, 2.05) is 61.1 Å². The second-order valence-corrected chi connectivity index (χ2v) is 12.6. The van der Waals surface area contributed by atoms with Crippen LogP contribution < -0.4 is 15.5 Å². The molecule has 0 bridgehead atoms. The SMILES string of the molecule is CCc1cn(C)c2c(N3CCCC3=O)cc(C(=O)N[C@@H](Cc3ccccc3)[C@H](O)CNC(C)(C)c3cccc(C(F)(F)F)c3)cc12. The first-order valence-corrected chi connectivity index (χ1v) is 15.7. The van der Waals surface area contributed by atoms with E-state index in [9.17, 15) is 27.9 Å². The molecule has 0 radical (unpaired) electrons. The first-order chi connectivity index (χ1) is 21.8. The summed E-state index contributed by atoms with van der Waals surface area (Å²) in [6, 6.07) is 17.4. The van der Waals surface area contributed by atoms with Gasteiger partial charge in [0.1, 0.15) is 0 Å². The van der Waals surface area contributed by atoms with Crippen molar-refractivity contribution in [2.45, 2.75) is 70.3 Å². The van der Waals surface area contributed by atoms with E-state index in [4.69, 9.17) is 0 Å². The maximum absolute atomic E-state index is 13.9. The van der Waals surface area contributed by atoms with Crippen molar-refractivity contribution in [3.63, 3.8) is 0 Å². The maximum atomic E-state index is 13.9. The number of halogens is 3. The van der Waals surface area contributed by atoms with Gasteiger partial charge in [0.2, 0.25) is 5.91 Å². The average Bonchev–Trinajstić information content (AvgIpc) is 3.61. The molecule has 0 unspecified atom stereocenters. The van der Waals surface area contributed by atoms with Gasteiger partial charge >= 0.3 is 6.18 Å². The number of carbonyl (C=O) groups excluding carboxylic acids is 2. The van der Waals surface area contributed by atoms with Crippen LogP contribution in [0.5, 0.6) is 0 Å². The largest absolute Gasteiger partial charge is 0.416 e. The van der Waals surface area contributed by atoms with Gasteiger partial charge in [-0.2, -0.15) is 13.2 Å². The molecule has 244 valence electrons. The zero-order valence-electron chi connectivity index (χ0n) is 26.6. The van der Waals surface area contributed by atoms with Gasteiger partial charge in [0, 0.05) is 49.2 Å². The van der Waals surface area contributed by atoms with Crippen molar-refractivity contribution in [2.75, 3.05) is 18.0 Å². The number of anilines is 1. The van der Waals surface area contributed by atoms with E-state index in [-0.39, 0.29) is 12.5 Å². The molecule has 0 saturated carbocycles. The molecule has 1 aliphatic rings. The highest BCUT2D eigenvalue weighted by atomic mass is 19.4. The lowest BCUT2D eigenvalue weighted by Gasteiger charge is -2.32. The van der Waals surface area contributed by atoms with Gasteiger partial charge in [-0.3, -0.25) is 9.59 Å². The minimum absolute atomic E-state index is 0.00621. The number of rotatable bonds is 11. The Balaban J connectivity index is 1.42. The first-order valence-electron chi connectivity index (χ1n) is 15.7. The van der Waals surface area contributed by atoms with Crippen LogP contribution in [0.15, 0.2) is 72.9 Å². The third-order valence-electron chi connectivity index (χ3n) is 8.89. The van der Waals surface area contributed by atoms with Crippen LogP contribution in [0.1, 0.15) is 66.2 Å². The van der Waals surface area contributed by atoms with Crippen molar-refractivity contribution >= 4 is 28.4 Å². The molecule has 4 aromatic rings. The summed E-state index contributed by atoms with van der Waals surface area (Å²) in [7, 11) is 1.94. The Morgan fingerprint density at radius 2 is 1.74 bits per heavy atom. The van der Waals surface area contributed by atoms with Gasteiger partial charge in [-0.25, -0.2) is 0 Å². The predicted molar refractivity (Wildman–Crippen MR) is 174 cm³/mol. The number of hydrogen-bond acceptors (Lipinski definition) is 4. The molecule has 0 spiro atoms. The van der Waals surface area contributed by atoms with Gasteiger partial charge in [-0.05, 0) is 74.1 Å². The summed E-state index contributed by atoms with van der Waals surface area (Å²) in [6.45, 7) is 6.13. The summed E-state index contributed by atoms with van der Waals surface area (Å²) >= 11 is 0. The van der Waals surface area contributed by atoms with Crippen LogP contribution in [0, 0.1) is 0 Å². The summed E-state index contributed by atoms with van der Waals surface area (Å²) in [4.78, 5) is 28.5. The Morgan fingerprint density at radius 3 is 2.39 bits per heavy atom. The van der Waals surface area contributed by atoms with E-state index < -0.39 is 35.3 Å². The van der Waals surface area contributed by atoms with Gasteiger partial charge < -0.3 is 25.2 Å². The molecule has 10 heteroatoms. The molecule has 1 fully saturated rings. The quantitative estimate of drug-likeness (QED) is 0.186. The van der Waals surface area contributed by atoms with Crippen LogP contribution in [-0.4, -0.2) is 46.7 Å². The van der Waals surface area contributed by atoms with E-state index in [1.165, 1.54) is 6.07 Å². The minimum Gasteiger partial charge on any atom is -0.390 e. The van der Waals surface area contributed by atoms with Crippen LogP contribution in [0.3, 0.4) is 0 Å². The van der Waals surface area contributed by atoms with Crippen molar-refractivity contribution in [3.05, 3.63) is 101 Å². The van der Waals surface area contributed by atoms with Crippen LogP contribution in [0.2, 0.25) is 0 Å². The molecule has 46 heavy (non-hydrogen) atoms. The molecular formula is C36H41F3N4O3. The summed E-state index contributed by atoms with van der Waals surface area (Å²) in [5.74, 6) is -0.372. The number of benzene rings is 3. The van der Waals surface area contributed by atoms with Crippen molar-refractivity contribution in [2.24, 2.45) is 7.05 Å². The summed E-state index contributed by atoms with van der Waals surface area (Å²) < 4.78 is 42.2. The highest BCUT2D eigenvalue weighted by molar-refractivity contribution is 6.08. The number of nitrogens with one attached hydrogen (secondary N) is 2. The van der Waals surface area contributed by atoms with Crippen LogP contribution in [0.25, 0.3) is 10.9 Å². The molecule has 3 aromatic carbocycles. The lowest BCUT2D eigenvalue weighted by Crippen LogP contribution is -2.51. The lowest BCUT2D eigenvalue weighted by molar-refractivity contribution is -0.137. The molecule has 5 rings (SSSR count). The number of aliphatic hydroxyl groups excluding tert-OH is 1. The number of amides is 2. The van der Waals surface area contributed by atoms with E-state index in [1.54, 1.807) is 30.9 Å². The number of hydrogen-bond donors (Lipinski definition) is 3. The molecule has 7 nitrogen and oxygen atoms in total. The van der Waals surface area contributed by atoms with Crippen molar-refractivity contribution in [1.82, 2.24) is 15.2 Å². The fraction of sp³-hybridized carbons (Fsp3) is 0.389. The zero-order valence-corrected chi connectivity index (χ0v) is 26.6. The Kier molecular flexibility index (Phi) is 9.60. The van der Waals surface area contributed by atoms with Gasteiger partial charge in [-0.1, -0.05) is 49.4 Å². The normalized spacial score (nSPS) is 15.4. The Morgan fingerprint density at radius 1 is 1.02 bits per heavy atom. The number of aliphatic hydroxyl groups is 1. The number of carbonyl (C=O) groups is 2. The van der Waals surface area contributed by atoms with Crippen molar-refractivity contribution < 1.29 is 27.9 Å². The Hall–Kier alpha value is -4.15. The van der Waals surface area contributed by atoms with E-state index in [0.717, 1.165) is 47.0 Å². The molecule has 2 atom stereocenters. The first kappa shape index (κ1) is 33.2. The zero-order chi connectivity index (χ0) is 33.2. The fourth-order valence-corrected chi connectivity index (χ4v) is 6.22. The standard InChI is InChI=1S/C36H41F3N4O3/c1-5-24-22-42(4)33-28(24)18-25(19-30(33)43-16-10-15-32(43)45)34(46)41-29(17-23-11-7-6-8-12-23)31(44)21-40-35(2,3)26-13-9-14-27(20-26)36(37,38)39/h6-9,11-14,18-20,22,29,31,40,44H,5,10,15-17,21H2,1-4H3,(H,41,46)/t29-,31+/m0/s1. The molecular weight excluding hydrogens is 593 g/mol. The monoisotopic (exact) mass is 634 g/mol. The van der Waals surface area contributed by atoms with E-state index in [2.05, 4.69) is 10.6 Å². The summed E-state index contributed by atoms with van der Waals surface area (Å²) in [5, 5.41) is 18.6. The molecule has 1 aliphatic heterocycles. The third-order valence-corrected chi connectivity index (χ3v) is 8.89. The Labute approximate surface area is 267 Å². The predicted octanol–water partition coefficient (Wildman–Crippen LogP) is 6.11. The highest BCUT2D eigenvalue weighted by Gasteiger charge is 2.33.